The normalized spacial score (nSPS) is 11.5. The largest absolute Gasteiger partial charge is 0.436 e. The highest BCUT2D eigenvalue weighted by molar-refractivity contribution is 7.91. The molecule has 1 heterocycles. The molecule has 0 bridgehead atoms. The number of nitrogens with one attached hydrogen (secondary N) is 1. The van der Waals surface area contributed by atoms with Gasteiger partial charge < -0.3 is 9.73 Å². The molecule has 0 aliphatic rings. The zero-order valence-electron chi connectivity index (χ0n) is 16.5. The van der Waals surface area contributed by atoms with Crippen LogP contribution in [0.1, 0.15) is 22.8 Å². The quantitative estimate of drug-likeness (QED) is 0.499. The fourth-order valence-corrected chi connectivity index (χ4v) is 4.01. The third kappa shape index (κ3) is 3.84. The molecule has 4 rings (SSSR count). The van der Waals surface area contributed by atoms with Gasteiger partial charge in [-0.1, -0.05) is 25.1 Å². The van der Waals surface area contributed by atoms with Crippen LogP contribution in [0.4, 0.5) is 5.69 Å². The number of rotatable bonds is 5. The van der Waals surface area contributed by atoms with Gasteiger partial charge in [-0.15, -0.1) is 0 Å². The number of nitrogens with zero attached hydrogens (tertiary/aromatic N) is 1. The van der Waals surface area contributed by atoms with Crippen molar-refractivity contribution in [3.8, 4) is 11.5 Å². The van der Waals surface area contributed by atoms with E-state index in [2.05, 4.69) is 10.3 Å². The first-order chi connectivity index (χ1) is 14.4. The second kappa shape index (κ2) is 7.76. The Morgan fingerprint density at radius 2 is 1.77 bits per heavy atom. The van der Waals surface area contributed by atoms with Crippen molar-refractivity contribution >= 4 is 32.5 Å². The number of benzene rings is 3. The van der Waals surface area contributed by atoms with Gasteiger partial charge in [0.1, 0.15) is 5.52 Å². The molecule has 0 saturated heterocycles. The van der Waals surface area contributed by atoms with Crippen LogP contribution in [0, 0.1) is 6.92 Å². The summed E-state index contributed by atoms with van der Waals surface area (Å²) in [6.45, 7) is 3.50. The molecule has 1 aromatic heterocycles. The van der Waals surface area contributed by atoms with Crippen LogP contribution in [0.15, 0.2) is 76.0 Å². The molecule has 6 nitrogen and oxygen atoms in total. The fraction of sp³-hybridized carbons (Fsp3) is 0.130. The Bertz CT molecular complexity index is 1340. The van der Waals surface area contributed by atoms with E-state index in [0.717, 1.165) is 11.1 Å². The maximum atomic E-state index is 12.5. The topological polar surface area (TPSA) is 89.3 Å². The van der Waals surface area contributed by atoms with Gasteiger partial charge in [0.05, 0.1) is 10.6 Å². The van der Waals surface area contributed by atoms with E-state index < -0.39 is 9.84 Å². The van der Waals surface area contributed by atoms with Crippen molar-refractivity contribution in [2.45, 2.75) is 18.7 Å². The van der Waals surface area contributed by atoms with E-state index in [1.54, 1.807) is 43.3 Å². The highest BCUT2D eigenvalue weighted by Crippen LogP contribution is 2.27. The molecule has 0 radical (unpaired) electrons. The maximum Gasteiger partial charge on any atom is 0.255 e. The van der Waals surface area contributed by atoms with Gasteiger partial charge in [-0.3, -0.25) is 4.79 Å². The van der Waals surface area contributed by atoms with Crippen LogP contribution in [0.2, 0.25) is 0 Å². The Morgan fingerprint density at radius 1 is 1.03 bits per heavy atom. The summed E-state index contributed by atoms with van der Waals surface area (Å²) in [5.41, 5.74) is 3.90. The summed E-state index contributed by atoms with van der Waals surface area (Å²) in [4.78, 5) is 17.1. The molecule has 1 N–H and O–H groups in total. The number of hydrogen-bond acceptors (Lipinski definition) is 5. The summed E-state index contributed by atoms with van der Waals surface area (Å²) in [6, 6.07) is 19.2. The Hall–Kier alpha value is -3.45. The summed E-state index contributed by atoms with van der Waals surface area (Å²) >= 11 is 0. The van der Waals surface area contributed by atoms with E-state index in [1.165, 1.54) is 12.1 Å². The SMILES string of the molecule is CCS(=O)(=O)c1ccc2oc(-c3ccc(NC(=O)c4ccccc4C)cc3)nc2c1. The molecule has 4 aromatic rings. The molecule has 7 heteroatoms. The van der Waals surface area contributed by atoms with Crippen LogP contribution >= 0.6 is 0 Å². The van der Waals surface area contributed by atoms with Crippen molar-refractivity contribution < 1.29 is 17.6 Å². The highest BCUT2D eigenvalue weighted by Gasteiger charge is 2.15. The monoisotopic (exact) mass is 420 g/mol. The van der Waals surface area contributed by atoms with E-state index in [4.69, 9.17) is 4.42 Å². The molecule has 0 aliphatic carbocycles. The number of aryl methyl sites for hydroxylation is 1. The average molecular weight is 420 g/mol. The van der Waals surface area contributed by atoms with E-state index in [0.29, 0.717) is 28.2 Å². The second-order valence-corrected chi connectivity index (χ2v) is 9.18. The molecule has 0 unspecified atom stereocenters. The summed E-state index contributed by atoms with van der Waals surface area (Å²) in [7, 11) is -3.31. The number of amides is 1. The molecule has 152 valence electrons. The third-order valence-corrected chi connectivity index (χ3v) is 6.61. The standard InChI is InChI=1S/C23H20N2O4S/c1-3-30(27,28)18-12-13-21-20(14-18)25-23(29-21)16-8-10-17(11-9-16)24-22(26)19-7-5-4-6-15(19)2/h4-14H,3H2,1-2H3,(H,24,26). The van der Waals surface area contributed by atoms with E-state index in [-0.39, 0.29) is 16.6 Å². The van der Waals surface area contributed by atoms with Crippen LogP contribution in [-0.4, -0.2) is 25.1 Å². The van der Waals surface area contributed by atoms with Crippen molar-refractivity contribution in [2.75, 3.05) is 11.1 Å². The predicted molar refractivity (Wildman–Crippen MR) is 116 cm³/mol. The van der Waals surface area contributed by atoms with Crippen molar-refractivity contribution in [2.24, 2.45) is 0 Å². The zero-order chi connectivity index (χ0) is 21.3. The summed E-state index contributed by atoms with van der Waals surface area (Å²) in [5.74, 6) is 0.235. The lowest BCUT2D eigenvalue weighted by molar-refractivity contribution is 0.102. The zero-order valence-corrected chi connectivity index (χ0v) is 17.4. The maximum absolute atomic E-state index is 12.5. The smallest absolute Gasteiger partial charge is 0.255 e. The Kier molecular flexibility index (Phi) is 5.13. The first-order valence-corrected chi connectivity index (χ1v) is 11.1. The Morgan fingerprint density at radius 3 is 2.47 bits per heavy atom. The van der Waals surface area contributed by atoms with Crippen LogP contribution < -0.4 is 5.32 Å². The lowest BCUT2D eigenvalue weighted by atomic mass is 10.1. The minimum atomic E-state index is -3.31. The molecular formula is C23H20N2O4S. The number of fused-ring (bicyclic) bond motifs is 1. The predicted octanol–water partition coefficient (Wildman–Crippen LogP) is 4.85. The average Bonchev–Trinajstić information content (AvgIpc) is 3.18. The highest BCUT2D eigenvalue weighted by atomic mass is 32.2. The number of sulfone groups is 1. The molecule has 0 saturated carbocycles. The summed E-state index contributed by atoms with van der Waals surface area (Å²) in [5, 5.41) is 2.88. The van der Waals surface area contributed by atoms with Gasteiger partial charge in [0.15, 0.2) is 15.4 Å². The molecule has 1 amide bonds. The Labute approximate surface area is 174 Å². The molecule has 0 fully saturated rings. The fourth-order valence-electron chi connectivity index (χ4n) is 3.11. The number of carbonyl (C=O) groups is 1. The number of anilines is 1. The molecule has 0 aliphatic heterocycles. The van der Waals surface area contributed by atoms with E-state index in [9.17, 15) is 13.2 Å². The molecule has 0 atom stereocenters. The minimum Gasteiger partial charge on any atom is -0.436 e. The molecular weight excluding hydrogens is 400 g/mol. The van der Waals surface area contributed by atoms with Crippen LogP contribution in [0.25, 0.3) is 22.6 Å². The van der Waals surface area contributed by atoms with Crippen LogP contribution in [0.3, 0.4) is 0 Å². The van der Waals surface area contributed by atoms with Crippen molar-refractivity contribution in [3.05, 3.63) is 77.9 Å². The Balaban J connectivity index is 1.57. The van der Waals surface area contributed by atoms with Gasteiger partial charge in [0, 0.05) is 16.8 Å². The van der Waals surface area contributed by atoms with E-state index in [1.807, 2.05) is 25.1 Å². The van der Waals surface area contributed by atoms with Gasteiger partial charge in [-0.25, -0.2) is 13.4 Å². The lowest BCUT2D eigenvalue weighted by Crippen LogP contribution is -2.13. The van der Waals surface area contributed by atoms with Gasteiger partial charge in [-0.2, -0.15) is 0 Å². The van der Waals surface area contributed by atoms with Crippen LogP contribution in [-0.2, 0) is 9.84 Å². The number of aromatic nitrogens is 1. The molecule has 30 heavy (non-hydrogen) atoms. The number of oxazole rings is 1. The molecule has 3 aromatic carbocycles. The van der Waals surface area contributed by atoms with Gasteiger partial charge in [0.25, 0.3) is 5.91 Å². The summed E-state index contributed by atoms with van der Waals surface area (Å²) in [6.07, 6.45) is 0. The lowest BCUT2D eigenvalue weighted by Gasteiger charge is -2.07. The van der Waals surface area contributed by atoms with Crippen LogP contribution in [0.5, 0.6) is 0 Å². The van der Waals surface area contributed by atoms with Gasteiger partial charge >= 0.3 is 0 Å². The number of carbonyl (C=O) groups excluding carboxylic acids is 1. The molecule has 0 spiro atoms. The third-order valence-electron chi connectivity index (χ3n) is 4.88. The second-order valence-electron chi connectivity index (χ2n) is 6.90. The summed E-state index contributed by atoms with van der Waals surface area (Å²) < 4.78 is 29.9. The number of hydrogen-bond donors (Lipinski definition) is 1. The van der Waals surface area contributed by atoms with Crippen molar-refractivity contribution in [3.63, 3.8) is 0 Å². The van der Waals surface area contributed by atoms with Gasteiger partial charge in [-0.05, 0) is 61.0 Å². The van der Waals surface area contributed by atoms with Gasteiger partial charge in [0.2, 0.25) is 5.89 Å². The first-order valence-electron chi connectivity index (χ1n) is 9.48. The van der Waals surface area contributed by atoms with E-state index >= 15 is 0 Å². The minimum absolute atomic E-state index is 0.0267. The first kappa shape index (κ1) is 19.8. The van der Waals surface area contributed by atoms with Crippen molar-refractivity contribution in [1.82, 2.24) is 4.98 Å². The van der Waals surface area contributed by atoms with Crippen molar-refractivity contribution in [1.29, 1.82) is 0 Å².